The van der Waals surface area contributed by atoms with Crippen LogP contribution in [-0.4, -0.2) is 49.1 Å². The first kappa shape index (κ1) is 18.7. The van der Waals surface area contributed by atoms with Crippen molar-refractivity contribution >= 4 is 17.6 Å². The molecule has 3 amide bonds. The molecule has 6 nitrogen and oxygen atoms in total. The molecular weight excluding hydrogens is 328 g/mol. The van der Waals surface area contributed by atoms with Gasteiger partial charge in [-0.1, -0.05) is 25.3 Å². The second-order valence-corrected chi connectivity index (χ2v) is 7.82. The number of urea groups is 1. The van der Waals surface area contributed by atoms with Gasteiger partial charge in [0.15, 0.2) is 0 Å². The minimum absolute atomic E-state index is 0.0432. The topological polar surface area (TPSA) is 73.5 Å². The van der Waals surface area contributed by atoms with E-state index in [1.165, 1.54) is 19.3 Å². The summed E-state index contributed by atoms with van der Waals surface area (Å²) < 4.78 is 0. The summed E-state index contributed by atoms with van der Waals surface area (Å²) in [5.41, 5.74) is 1.25. The summed E-state index contributed by atoms with van der Waals surface area (Å²) in [6.45, 7) is 0.633. The van der Waals surface area contributed by atoms with Crippen LogP contribution in [0, 0.1) is 0 Å². The quantitative estimate of drug-likeness (QED) is 0.732. The van der Waals surface area contributed by atoms with E-state index in [0.717, 1.165) is 25.7 Å². The Hall–Kier alpha value is -2.08. The lowest BCUT2D eigenvalue weighted by Gasteiger charge is -2.43. The number of nitrogens with zero attached hydrogens (tertiary/aromatic N) is 1. The lowest BCUT2D eigenvalue weighted by Crippen LogP contribution is -2.54. The third-order valence-corrected chi connectivity index (χ3v) is 5.61. The van der Waals surface area contributed by atoms with Crippen molar-refractivity contribution in [2.45, 2.75) is 56.5 Å². The van der Waals surface area contributed by atoms with Gasteiger partial charge < -0.3 is 20.9 Å². The van der Waals surface area contributed by atoms with Crippen LogP contribution in [-0.2, 0) is 0 Å². The van der Waals surface area contributed by atoms with Crippen LogP contribution in [0.5, 0.6) is 0 Å². The maximum Gasteiger partial charge on any atom is 0.319 e. The molecule has 3 N–H and O–H groups in total. The van der Waals surface area contributed by atoms with Gasteiger partial charge in [-0.3, -0.25) is 4.79 Å². The van der Waals surface area contributed by atoms with E-state index in [1.807, 2.05) is 0 Å². The minimum atomic E-state index is -0.225. The van der Waals surface area contributed by atoms with Crippen molar-refractivity contribution in [1.29, 1.82) is 0 Å². The summed E-state index contributed by atoms with van der Waals surface area (Å²) in [6.07, 6.45) is 8.02. The largest absolute Gasteiger partial charge is 0.349 e. The molecule has 1 aromatic rings. The fraction of sp³-hybridized carbons (Fsp3) is 0.600. The SMILES string of the molecule is CN(C)C1(CNC(=O)Nc2cccc(C(=O)NC3CC3)c2)CCCCC1. The fourth-order valence-corrected chi connectivity index (χ4v) is 3.65. The van der Waals surface area contributed by atoms with Gasteiger partial charge in [-0.25, -0.2) is 4.79 Å². The van der Waals surface area contributed by atoms with Gasteiger partial charge in [0, 0.05) is 29.4 Å². The Bertz CT molecular complexity index is 649. The van der Waals surface area contributed by atoms with Crippen molar-refractivity contribution in [3.63, 3.8) is 0 Å². The highest BCUT2D eigenvalue weighted by molar-refractivity contribution is 5.97. The summed E-state index contributed by atoms with van der Waals surface area (Å²) in [5, 5.41) is 8.84. The number of rotatable bonds is 6. The first-order chi connectivity index (χ1) is 12.5. The Morgan fingerprint density at radius 2 is 1.88 bits per heavy atom. The molecule has 2 aliphatic rings. The molecular formula is C20H30N4O2. The van der Waals surface area contributed by atoms with Gasteiger partial charge in [0.25, 0.3) is 5.91 Å². The van der Waals surface area contributed by atoms with Crippen molar-refractivity contribution in [2.24, 2.45) is 0 Å². The van der Waals surface area contributed by atoms with Gasteiger partial charge in [0.05, 0.1) is 0 Å². The van der Waals surface area contributed by atoms with Crippen LogP contribution in [0.15, 0.2) is 24.3 Å². The Kier molecular flexibility index (Phi) is 5.81. The lowest BCUT2D eigenvalue weighted by atomic mass is 9.80. The Labute approximate surface area is 155 Å². The number of benzene rings is 1. The van der Waals surface area contributed by atoms with Crippen LogP contribution in [0.1, 0.15) is 55.3 Å². The normalized spacial score (nSPS) is 19.0. The number of amides is 3. The molecule has 0 spiro atoms. The molecule has 1 aromatic carbocycles. The Morgan fingerprint density at radius 1 is 1.15 bits per heavy atom. The number of nitrogens with one attached hydrogen (secondary N) is 3. The van der Waals surface area contributed by atoms with Crippen LogP contribution in [0.25, 0.3) is 0 Å². The van der Waals surface area contributed by atoms with Crippen molar-refractivity contribution < 1.29 is 9.59 Å². The van der Waals surface area contributed by atoms with Crippen LogP contribution in [0.3, 0.4) is 0 Å². The van der Waals surface area contributed by atoms with E-state index < -0.39 is 0 Å². The van der Waals surface area contributed by atoms with Gasteiger partial charge >= 0.3 is 6.03 Å². The smallest absolute Gasteiger partial charge is 0.319 e. The van der Waals surface area contributed by atoms with E-state index in [0.29, 0.717) is 23.8 Å². The van der Waals surface area contributed by atoms with Crippen LogP contribution in [0.4, 0.5) is 10.5 Å². The zero-order valence-electron chi connectivity index (χ0n) is 15.8. The fourth-order valence-electron chi connectivity index (χ4n) is 3.65. The number of likely N-dealkylation sites (N-methyl/N-ethyl adjacent to an activating group) is 1. The maximum absolute atomic E-state index is 12.3. The number of anilines is 1. The van der Waals surface area contributed by atoms with Gasteiger partial charge in [-0.15, -0.1) is 0 Å². The predicted molar refractivity (Wildman–Crippen MR) is 103 cm³/mol. The summed E-state index contributed by atoms with van der Waals surface area (Å²) in [5.74, 6) is -0.0784. The van der Waals surface area contributed by atoms with E-state index in [1.54, 1.807) is 24.3 Å². The zero-order chi connectivity index (χ0) is 18.6. The summed E-state index contributed by atoms with van der Waals surface area (Å²) in [4.78, 5) is 26.7. The minimum Gasteiger partial charge on any atom is -0.349 e. The first-order valence-corrected chi connectivity index (χ1v) is 9.62. The molecule has 3 rings (SSSR count). The van der Waals surface area contributed by atoms with Crippen molar-refractivity contribution in [2.75, 3.05) is 26.0 Å². The molecule has 26 heavy (non-hydrogen) atoms. The van der Waals surface area contributed by atoms with E-state index in [4.69, 9.17) is 0 Å². The molecule has 2 aliphatic carbocycles. The molecule has 0 saturated heterocycles. The van der Waals surface area contributed by atoms with E-state index in [2.05, 4.69) is 34.9 Å². The zero-order valence-corrected chi connectivity index (χ0v) is 15.8. The predicted octanol–water partition coefficient (Wildman–Crippen LogP) is 2.96. The monoisotopic (exact) mass is 358 g/mol. The number of carbonyl (C=O) groups excluding carboxylic acids is 2. The van der Waals surface area contributed by atoms with Crippen LogP contribution in [0.2, 0.25) is 0 Å². The summed E-state index contributed by atoms with van der Waals surface area (Å²) in [6, 6.07) is 7.18. The molecule has 0 aliphatic heterocycles. The third kappa shape index (κ3) is 4.75. The highest BCUT2D eigenvalue weighted by Gasteiger charge is 2.34. The molecule has 0 radical (unpaired) electrons. The second kappa shape index (κ2) is 8.08. The highest BCUT2D eigenvalue weighted by atomic mass is 16.2. The van der Waals surface area contributed by atoms with E-state index in [9.17, 15) is 9.59 Å². The lowest BCUT2D eigenvalue weighted by molar-refractivity contribution is 0.0951. The van der Waals surface area contributed by atoms with Gasteiger partial charge in [0.2, 0.25) is 0 Å². The summed E-state index contributed by atoms with van der Waals surface area (Å²) >= 11 is 0. The molecule has 0 aromatic heterocycles. The molecule has 6 heteroatoms. The van der Waals surface area contributed by atoms with Gasteiger partial charge in [-0.2, -0.15) is 0 Å². The van der Waals surface area contributed by atoms with Crippen molar-refractivity contribution in [3.8, 4) is 0 Å². The molecule has 0 bridgehead atoms. The molecule has 0 unspecified atom stereocenters. The molecule has 2 saturated carbocycles. The third-order valence-electron chi connectivity index (χ3n) is 5.61. The molecule has 0 heterocycles. The second-order valence-electron chi connectivity index (χ2n) is 7.82. The van der Waals surface area contributed by atoms with Gasteiger partial charge in [0.1, 0.15) is 0 Å². The molecule has 2 fully saturated rings. The number of carbonyl (C=O) groups is 2. The summed E-state index contributed by atoms with van der Waals surface area (Å²) in [7, 11) is 4.18. The molecule has 142 valence electrons. The Balaban J connectivity index is 1.55. The Morgan fingerprint density at radius 3 is 2.54 bits per heavy atom. The van der Waals surface area contributed by atoms with Crippen molar-refractivity contribution in [3.05, 3.63) is 29.8 Å². The van der Waals surface area contributed by atoms with E-state index >= 15 is 0 Å². The van der Waals surface area contributed by atoms with E-state index in [-0.39, 0.29) is 17.5 Å². The average molecular weight is 358 g/mol. The van der Waals surface area contributed by atoms with Gasteiger partial charge in [-0.05, 0) is 58.0 Å². The van der Waals surface area contributed by atoms with Crippen LogP contribution < -0.4 is 16.0 Å². The standard InChI is InChI=1S/C20H30N4O2/c1-24(2)20(11-4-3-5-12-20)14-21-19(26)23-17-8-6-7-15(13-17)18(25)22-16-9-10-16/h6-8,13,16H,3-5,9-12,14H2,1-2H3,(H,22,25)(H2,21,23,26). The number of hydrogen-bond acceptors (Lipinski definition) is 3. The average Bonchev–Trinajstić information content (AvgIpc) is 3.45. The number of hydrogen-bond donors (Lipinski definition) is 3. The van der Waals surface area contributed by atoms with Crippen LogP contribution >= 0.6 is 0 Å². The van der Waals surface area contributed by atoms with Crippen molar-refractivity contribution in [1.82, 2.24) is 15.5 Å². The molecule has 0 atom stereocenters. The first-order valence-electron chi connectivity index (χ1n) is 9.62. The maximum atomic E-state index is 12.3. The highest BCUT2D eigenvalue weighted by Crippen LogP contribution is 2.31.